The summed E-state index contributed by atoms with van der Waals surface area (Å²) in [6, 6.07) is 14.1. The minimum Gasteiger partial charge on any atom is -0.406 e. The van der Waals surface area contributed by atoms with Gasteiger partial charge in [-0.2, -0.15) is 0 Å². The van der Waals surface area contributed by atoms with Crippen molar-refractivity contribution in [1.82, 2.24) is 0 Å². The lowest BCUT2D eigenvalue weighted by Crippen LogP contribution is -2.17. The van der Waals surface area contributed by atoms with Crippen LogP contribution in [0.25, 0.3) is 0 Å². The molecule has 0 radical (unpaired) electrons. The van der Waals surface area contributed by atoms with Crippen LogP contribution in [0.3, 0.4) is 0 Å². The van der Waals surface area contributed by atoms with Crippen molar-refractivity contribution in [3.63, 3.8) is 0 Å². The molecule has 0 aliphatic heterocycles. The normalized spacial score (nSPS) is 11.1. The number of hydrogen-bond acceptors (Lipinski definition) is 5. The van der Waals surface area contributed by atoms with E-state index in [1.807, 2.05) is 18.2 Å². The van der Waals surface area contributed by atoms with Crippen LogP contribution in [-0.4, -0.2) is 12.3 Å². The molecule has 1 aromatic heterocycles. The summed E-state index contributed by atoms with van der Waals surface area (Å²) in [5, 5.41) is 7.62. The van der Waals surface area contributed by atoms with E-state index < -0.39 is 6.36 Å². The highest BCUT2D eigenvalue weighted by Crippen LogP contribution is 2.26. The number of halogens is 3. The predicted octanol–water partition coefficient (Wildman–Crippen LogP) is 5.09. The fourth-order valence-electron chi connectivity index (χ4n) is 2.45. The summed E-state index contributed by atoms with van der Waals surface area (Å²) in [5.41, 5.74) is 8.39. The maximum Gasteiger partial charge on any atom is 0.573 e. The van der Waals surface area contributed by atoms with Gasteiger partial charge in [-0.15, -0.1) is 24.5 Å². The molecule has 5 nitrogen and oxygen atoms in total. The Bertz CT molecular complexity index is 956. The van der Waals surface area contributed by atoms with Gasteiger partial charge in [0.05, 0.1) is 5.69 Å². The Morgan fingerprint density at radius 1 is 1.11 bits per heavy atom. The van der Waals surface area contributed by atoms with Gasteiger partial charge in [0.25, 0.3) is 5.91 Å². The largest absolute Gasteiger partial charge is 0.573 e. The SMILES string of the molecule is Nc1cccc(CNc2ccsc2C(=O)Nc2ccc(OC(F)(F)F)cc2)c1. The van der Waals surface area contributed by atoms with Crippen LogP contribution in [0.15, 0.2) is 60.0 Å². The zero-order valence-electron chi connectivity index (χ0n) is 14.4. The number of nitrogens with one attached hydrogen (secondary N) is 2. The highest BCUT2D eigenvalue weighted by molar-refractivity contribution is 7.12. The van der Waals surface area contributed by atoms with E-state index in [0.717, 1.165) is 17.7 Å². The number of anilines is 3. The van der Waals surface area contributed by atoms with Crippen molar-refractivity contribution in [1.29, 1.82) is 0 Å². The minimum atomic E-state index is -4.76. The number of benzene rings is 2. The quantitative estimate of drug-likeness (QED) is 0.497. The van der Waals surface area contributed by atoms with Gasteiger partial charge < -0.3 is 21.1 Å². The monoisotopic (exact) mass is 407 g/mol. The molecule has 0 aliphatic carbocycles. The number of ether oxygens (including phenoxy) is 1. The van der Waals surface area contributed by atoms with Crippen LogP contribution in [0, 0.1) is 0 Å². The number of amides is 1. The molecule has 0 unspecified atom stereocenters. The van der Waals surface area contributed by atoms with E-state index in [9.17, 15) is 18.0 Å². The van der Waals surface area contributed by atoms with E-state index in [-0.39, 0.29) is 11.7 Å². The molecule has 1 amide bonds. The highest BCUT2D eigenvalue weighted by atomic mass is 32.1. The summed E-state index contributed by atoms with van der Waals surface area (Å²) in [6.07, 6.45) is -4.76. The van der Waals surface area contributed by atoms with Gasteiger partial charge in [-0.3, -0.25) is 4.79 Å². The summed E-state index contributed by atoms with van der Waals surface area (Å²) in [4.78, 5) is 13.0. The Labute approximate surface area is 162 Å². The molecule has 0 aliphatic rings. The van der Waals surface area contributed by atoms with Gasteiger partial charge in [-0.05, 0) is 53.4 Å². The summed E-state index contributed by atoms with van der Waals surface area (Å²) < 4.78 is 40.4. The first-order valence-electron chi connectivity index (χ1n) is 8.13. The van der Waals surface area contributed by atoms with Crippen LogP contribution in [0.1, 0.15) is 15.2 Å². The van der Waals surface area contributed by atoms with Crippen LogP contribution in [-0.2, 0) is 6.54 Å². The Morgan fingerprint density at radius 3 is 2.54 bits per heavy atom. The van der Waals surface area contributed by atoms with Gasteiger partial charge in [-0.25, -0.2) is 0 Å². The molecule has 9 heteroatoms. The molecule has 2 aromatic carbocycles. The number of hydrogen-bond donors (Lipinski definition) is 3. The number of nitrogens with two attached hydrogens (primary N) is 1. The second-order valence-corrected chi connectivity index (χ2v) is 6.70. The number of nitrogen functional groups attached to an aromatic ring is 1. The Hall–Kier alpha value is -3.20. The molecule has 3 aromatic rings. The zero-order valence-corrected chi connectivity index (χ0v) is 15.2. The standard InChI is InChI=1S/C19H16F3N3O2S/c20-19(21,22)27-15-6-4-14(5-7-15)25-18(26)17-16(8-9-28-17)24-11-12-2-1-3-13(23)10-12/h1-10,24H,11,23H2,(H,25,26). The number of carbonyl (C=O) groups is 1. The molecule has 0 saturated carbocycles. The average molecular weight is 407 g/mol. The summed E-state index contributed by atoms with van der Waals surface area (Å²) in [5.74, 6) is -0.722. The van der Waals surface area contributed by atoms with Crippen LogP contribution in [0.2, 0.25) is 0 Å². The fraction of sp³-hybridized carbons (Fsp3) is 0.105. The maximum atomic E-state index is 12.5. The van der Waals surface area contributed by atoms with Gasteiger partial charge in [0.2, 0.25) is 0 Å². The fourth-order valence-corrected chi connectivity index (χ4v) is 3.22. The first-order chi connectivity index (χ1) is 13.3. The van der Waals surface area contributed by atoms with Gasteiger partial charge >= 0.3 is 6.36 Å². The van der Waals surface area contributed by atoms with Crippen molar-refractivity contribution < 1.29 is 22.7 Å². The van der Waals surface area contributed by atoms with Gasteiger partial charge in [-0.1, -0.05) is 12.1 Å². The van der Waals surface area contributed by atoms with E-state index >= 15 is 0 Å². The van der Waals surface area contributed by atoms with Crippen molar-refractivity contribution >= 4 is 34.3 Å². The third kappa shape index (κ3) is 5.40. The van der Waals surface area contributed by atoms with Crippen molar-refractivity contribution in [2.75, 3.05) is 16.4 Å². The van der Waals surface area contributed by atoms with Crippen molar-refractivity contribution in [2.45, 2.75) is 12.9 Å². The van der Waals surface area contributed by atoms with E-state index in [1.54, 1.807) is 17.5 Å². The molecule has 0 fully saturated rings. The summed E-state index contributed by atoms with van der Waals surface area (Å²) in [7, 11) is 0. The zero-order chi connectivity index (χ0) is 20.1. The number of carbonyl (C=O) groups excluding carboxylic acids is 1. The van der Waals surface area contributed by atoms with E-state index in [2.05, 4.69) is 15.4 Å². The molecule has 28 heavy (non-hydrogen) atoms. The molecule has 0 bridgehead atoms. The van der Waals surface area contributed by atoms with Crippen LogP contribution in [0.4, 0.5) is 30.2 Å². The highest BCUT2D eigenvalue weighted by Gasteiger charge is 2.31. The Kier molecular flexibility index (Phi) is 5.74. The molecule has 0 atom stereocenters. The van der Waals surface area contributed by atoms with Crippen LogP contribution >= 0.6 is 11.3 Å². The third-order valence-corrected chi connectivity index (χ3v) is 4.56. The molecule has 4 N–H and O–H groups in total. The molecule has 146 valence electrons. The molecular weight excluding hydrogens is 391 g/mol. The van der Waals surface area contributed by atoms with E-state index in [0.29, 0.717) is 28.5 Å². The first-order valence-corrected chi connectivity index (χ1v) is 9.01. The number of alkyl halides is 3. The van der Waals surface area contributed by atoms with Crippen molar-refractivity contribution in [3.8, 4) is 5.75 Å². The van der Waals surface area contributed by atoms with Crippen LogP contribution in [0.5, 0.6) is 5.75 Å². The summed E-state index contributed by atoms with van der Waals surface area (Å²) in [6.45, 7) is 0.492. The van der Waals surface area contributed by atoms with E-state index in [1.165, 1.54) is 23.5 Å². The molecule has 3 rings (SSSR count). The molecule has 0 saturated heterocycles. The Morgan fingerprint density at radius 2 is 1.86 bits per heavy atom. The van der Waals surface area contributed by atoms with E-state index in [4.69, 9.17) is 5.73 Å². The topological polar surface area (TPSA) is 76.4 Å². The first kappa shape index (κ1) is 19.6. The van der Waals surface area contributed by atoms with Gasteiger partial charge in [0.1, 0.15) is 10.6 Å². The number of rotatable bonds is 6. The molecular formula is C19H16F3N3O2S. The molecule has 0 spiro atoms. The van der Waals surface area contributed by atoms with Gasteiger partial charge in [0.15, 0.2) is 0 Å². The minimum absolute atomic E-state index is 0.355. The third-order valence-electron chi connectivity index (χ3n) is 3.65. The predicted molar refractivity (Wildman–Crippen MR) is 104 cm³/mol. The average Bonchev–Trinajstić information content (AvgIpc) is 3.09. The second kappa shape index (κ2) is 8.22. The second-order valence-electron chi connectivity index (χ2n) is 5.79. The van der Waals surface area contributed by atoms with Gasteiger partial charge in [0, 0.05) is 17.9 Å². The van der Waals surface area contributed by atoms with Crippen LogP contribution < -0.4 is 21.1 Å². The molecule has 1 heterocycles. The maximum absolute atomic E-state index is 12.5. The smallest absolute Gasteiger partial charge is 0.406 e. The lowest BCUT2D eigenvalue weighted by Gasteiger charge is -2.11. The summed E-state index contributed by atoms with van der Waals surface area (Å²) >= 11 is 1.25. The van der Waals surface area contributed by atoms with Crippen molar-refractivity contribution in [2.24, 2.45) is 0 Å². The Balaban J connectivity index is 1.63. The number of thiophene rings is 1. The lowest BCUT2D eigenvalue weighted by molar-refractivity contribution is -0.274. The van der Waals surface area contributed by atoms with Crippen molar-refractivity contribution in [3.05, 3.63) is 70.4 Å². The lowest BCUT2D eigenvalue weighted by atomic mass is 10.2.